The molecule has 0 atom stereocenters. The zero-order valence-electron chi connectivity index (χ0n) is 11.7. The summed E-state index contributed by atoms with van der Waals surface area (Å²) in [7, 11) is 0. The average molecular weight is 293 g/mol. The number of carbonyl (C=O) groups is 1. The number of hydrogen-bond acceptors (Lipinski definition) is 4. The summed E-state index contributed by atoms with van der Waals surface area (Å²) in [6, 6.07) is 5.24. The van der Waals surface area contributed by atoms with E-state index in [1.807, 2.05) is 0 Å². The van der Waals surface area contributed by atoms with Crippen molar-refractivity contribution in [2.75, 3.05) is 11.9 Å². The second kappa shape index (κ2) is 6.53. The van der Waals surface area contributed by atoms with Crippen molar-refractivity contribution in [3.05, 3.63) is 34.4 Å². The molecule has 0 aromatic heterocycles. The van der Waals surface area contributed by atoms with E-state index in [1.165, 1.54) is 18.2 Å². The molecule has 1 aromatic carbocycles. The lowest BCUT2D eigenvalue weighted by Gasteiger charge is -2.32. The first-order valence-corrected chi connectivity index (χ1v) is 7.00. The molecule has 1 aliphatic carbocycles. The van der Waals surface area contributed by atoms with Crippen molar-refractivity contribution in [3.8, 4) is 0 Å². The first-order chi connectivity index (χ1) is 9.98. The molecule has 0 heterocycles. The van der Waals surface area contributed by atoms with Gasteiger partial charge in [0.1, 0.15) is 0 Å². The first kappa shape index (κ1) is 15.2. The smallest absolute Gasteiger partial charge is 0.319 e. The molecule has 0 aliphatic heterocycles. The molecule has 114 valence electrons. The van der Waals surface area contributed by atoms with Crippen LogP contribution in [0.5, 0.6) is 0 Å². The molecule has 0 radical (unpaired) electrons. The molecule has 1 saturated carbocycles. The number of amides is 2. The van der Waals surface area contributed by atoms with Crippen LogP contribution >= 0.6 is 0 Å². The number of nitrogens with one attached hydrogen (secondary N) is 2. The number of rotatable bonds is 4. The van der Waals surface area contributed by atoms with E-state index in [2.05, 4.69) is 10.6 Å². The largest absolute Gasteiger partial charge is 0.388 e. The molecule has 1 aliphatic rings. The second-order valence-electron chi connectivity index (χ2n) is 5.40. The van der Waals surface area contributed by atoms with Crippen molar-refractivity contribution >= 4 is 17.4 Å². The summed E-state index contributed by atoms with van der Waals surface area (Å²) in [6.45, 7) is 0.188. The van der Waals surface area contributed by atoms with Gasteiger partial charge in [-0.3, -0.25) is 10.1 Å². The summed E-state index contributed by atoms with van der Waals surface area (Å²) in [5, 5.41) is 26.1. The highest BCUT2D eigenvalue weighted by molar-refractivity contribution is 5.89. The molecule has 1 aromatic rings. The number of anilines is 1. The zero-order chi connectivity index (χ0) is 15.3. The van der Waals surface area contributed by atoms with Gasteiger partial charge >= 0.3 is 6.03 Å². The van der Waals surface area contributed by atoms with Gasteiger partial charge in [-0.05, 0) is 18.9 Å². The number of benzene rings is 1. The third-order valence-electron chi connectivity index (χ3n) is 3.68. The number of nitro groups is 1. The maximum absolute atomic E-state index is 11.8. The Balaban J connectivity index is 1.87. The Morgan fingerprint density at radius 1 is 1.33 bits per heavy atom. The van der Waals surface area contributed by atoms with E-state index in [0.717, 1.165) is 19.3 Å². The summed E-state index contributed by atoms with van der Waals surface area (Å²) in [4.78, 5) is 21.9. The van der Waals surface area contributed by atoms with Gasteiger partial charge in [0.05, 0.1) is 10.5 Å². The molecular formula is C14H19N3O4. The van der Waals surface area contributed by atoms with Crippen LogP contribution in [0.25, 0.3) is 0 Å². The third-order valence-corrected chi connectivity index (χ3v) is 3.68. The fourth-order valence-corrected chi connectivity index (χ4v) is 2.50. The molecule has 7 nitrogen and oxygen atoms in total. The van der Waals surface area contributed by atoms with Crippen LogP contribution in [-0.2, 0) is 0 Å². The predicted molar refractivity (Wildman–Crippen MR) is 78.2 cm³/mol. The molecular weight excluding hydrogens is 274 g/mol. The number of urea groups is 1. The van der Waals surface area contributed by atoms with Crippen molar-refractivity contribution < 1.29 is 14.8 Å². The minimum absolute atomic E-state index is 0.0845. The van der Waals surface area contributed by atoms with Crippen LogP contribution in [0, 0.1) is 10.1 Å². The Morgan fingerprint density at radius 3 is 2.71 bits per heavy atom. The predicted octanol–water partition coefficient (Wildman–Crippen LogP) is 2.41. The van der Waals surface area contributed by atoms with Gasteiger partial charge in [-0.15, -0.1) is 0 Å². The second-order valence-corrected chi connectivity index (χ2v) is 5.40. The van der Waals surface area contributed by atoms with E-state index in [-0.39, 0.29) is 12.2 Å². The summed E-state index contributed by atoms with van der Waals surface area (Å²) in [6.07, 6.45) is 4.41. The van der Waals surface area contributed by atoms with Gasteiger partial charge in [0.2, 0.25) is 0 Å². The van der Waals surface area contributed by atoms with Crippen LogP contribution in [0.3, 0.4) is 0 Å². The topological polar surface area (TPSA) is 104 Å². The molecule has 2 rings (SSSR count). The number of nitrogens with zero attached hydrogens (tertiary/aromatic N) is 1. The first-order valence-electron chi connectivity index (χ1n) is 7.00. The zero-order valence-corrected chi connectivity index (χ0v) is 11.7. The number of carbonyl (C=O) groups excluding carboxylic acids is 1. The van der Waals surface area contributed by atoms with E-state index in [1.54, 1.807) is 6.07 Å². The van der Waals surface area contributed by atoms with Gasteiger partial charge in [-0.25, -0.2) is 4.79 Å². The summed E-state index contributed by atoms with van der Waals surface area (Å²) >= 11 is 0. The van der Waals surface area contributed by atoms with Gasteiger partial charge in [0.25, 0.3) is 5.69 Å². The lowest BCUT2D eigenvalue weighted by Crippen LogP contribution is -2.45. The van der Waals surface area contributed by atoms with Crippen molar-refractivity contribution in [1.29, 1.82) is 0 Å². The minimum atomic E-state index is -0.835. The van der Waals surface area contributed by atoms with E-state index in [0.29, 0.717) is 18.5 Å². The number of aliphatic hydroxyl groups is 1. The van der Waals surface area contributed by atoms with Crippen molar-refractivity contribution in [3.63, 3.8) is 0 Å². The Bertz CT molecular complexity index is 527. The number of hydrogen-bond donors (Lipinski definition) is 3. The van der Waals surface area contributed by atoms with Crippen LogP contribution < -0.4 is 10.6 Å². The van der Waals surface area contributed by atoms with Gasteiger partial charge in [0, 0.05) is 24.4 Å². The molecule has 0 bridgehead atoms. The molecule has 2 amide bonds. The molecule has 0 unspecified atom stereocenters. The highest BCUT2D eigenvalue weighted by atomic mass is 16.6. The van der Waals surface area contributed by atoms with E-state index >= 15 is 0 Å². The molecule has 21 heavy (non-hydrogen) atoms. The third kappa shape index (κ3) is 4.42. The van der Waals surface area contributed by atoms with E-state index in [4.69, 9.17) is 0 Å². The molecule has 7 heteroatoms. The Morgan fingerprint density at radius 2 is 2.05 bits per heavy atom. The molecule has 0 saturated heterocycles. The van der Waals surface area contributed by atoms with Gasteiger partial charge in [0.15, 0.2) is 0 Å². The van der Waals surface area contributed by atoms with Crippen LogP contribution in [0.4, 0.5) is 16.2 Å². The van der Waals surface area contributed by atoms with Crippen LogP contribution in [0.1, 0.15) is 32.1 Å². The lowest BCUT2D eigenvalue weighted by atomic mass is 9.85. The minimum Gasteiger partial charge on any atom is -0.388 e. The monoisotopic (exact) mass is 293 g/mol. The molecule has 0 spiro atoms. The number of non-ortho nitro benzene ring substituents is 1. The van der Waals surface area contributed by atoms with Gasteiger partial charge < -0.3 is 15.7 Å². The summed E-state index contributed by atoms with van der Waals surface area (Å²) in [5.41, 5.74) is -0.575. The molecule has 1 fully saturated rings. The van der Waals surface area contributed by atoms with Crippen molar-refractivity contribution in [2.45, 2.75) is 37.7 Å². The summed E-state index contributed by atoms with van der Waals surface area (Å²) < 4.78 is 0. The molecule has 3 N–H and O–H groups in total. The highest BCUT2D eigenvalue weighted by Gasteiger charge is 2.29. The van der Waals surface area contributed by atoms with E-state index < -0.39 is 16.6 Å². The van der Waals surface area contributed by atoms with E-state index in [9.17, 15) is 20.0 Å². The van der Waals surface area contributed by atoms with Gasteiger partial charge in [-0.2, -0.15) is 0 Å². The fraction of sp³-hybridized carbons (Fsp3) is 0.500. The maximum Gasteiger partial charge on any atom is 0.319 e. The summed E-state index contributed by atoms with van der Waals surface area (Å²) in [5.74, 6) is 0. The highest BCUT2D eigenvalue weighted by Crippen LogP contribution is 2.27. The maximum atomic E-state index is 11.8. The SMILES string of the molecule is O=C(NCC1(O)CCCCC1)Nc1cccc([N+](=O)[O-])c1. The normalized spacial score (nSPS) is 17.0. The quantitative estimate of drug-likeness (QED) is 0.585. The van der Waals surface area contributed by atoms with Crippen molar-refractivity contribution in [2.24, 2.45) is 0 Å². The fourth-order valence-electron chi connectivity index (χ4n) is 2.50. The van der Waals surface area contributed by atoms with Crippen LogP contribution in [0.15, 0.2) is 24.3 Å². The van der Waals surface area contributed by atoms with Crippen LogP contribution in [0.2, 0.25) is 0 Å². The number of nitro benzene ring substituents is 1. The Labute approximate surface area is 122 Å². The lowest BCUT2D eigenvalue weighted by molar-refractivity contribution is -0.384. The van der Waals surface area contributed by atoms with Crippen molar-refractivity contribution in [1.82, 2.24) is 5.32 Å². The standard InChI is InChI=1S/C14H19N3O4/c18-13(15-10-14(19)7-2-1-3-8-14)16-11-5-4-6-12(9-11)17(20)21/h4-6,9,19H,1-3,7-8,10H2,(H2,15,16,18). The van der Waals surface area contributed by atoms with Gasteiger partial charge in [-0.1, -0.05) is 25.3 Å². The van der Waals surface area contributed by atoms with Crippen LogP contribution in [-0.4, -0.2) is 28.2 Å². The average Bonchev–Trinajstić information content (AvgIpc) is 2.46. The Kier molecular flexibility index (Phi) is 4.74. The Hall–Kier alpha value is -2.15.